The van der Waals surface area contributed by atoms with Gasteiger partial charge in [-0.15, -0.1) is 0 Å². The van der Waals surface area contributed by atoms with Crippen molar-refractivity contribution in [3.05, 3.63) is 29.8 Å². The quantitative estimate of drug-likeness (QED) is 0.928. The highest BCUT2D eigenvalue weighted by Gasteiger charge is 2.42. The highest BCUT2D eigenvalue weighted by molar-refractivity contribution is 7.89. The number of nitrogens with one attached hydrogen (secondary N) is 1. The van der Waals surface area contributed by atoms with Gasteiger partial charge in [-0.05, 0) is 56.1 Å². The van der Waals surface area contributed by atoms with E-state index < -0.39 is 26.6 Å². The highest BCUT2D eigenvalue weighted by atomic mass is 32.2. The van der Waals surface area contributed by atoms with Crippen LogP contribution in [0.5, 0.6) is 0 Å². The molecule has 116 valence electrons. The number of benzene rings is 1. The molecule has 0 spiro atoms. The second-order valence-electron chi connectivity index (χ2n) is 6.32. The van der Waals surface area contributed by atoms with Gasteiger partial charge in [0.1, 0.15) is 16.5 Å². The van der Waals surface area contributed by atoms with Crippen LogP contribution in [0, 0.1) is 29.4 Å². The zero-order valence-corrected chi connectivity index (χ0v) is 12.7. The second kappa shape index (κ2) is 5.32. The topological polar surface area (TPSA) is 46.2 Å². The van der Waals surface area contributed by atoms with Gasteiger partial charge in [0.05, 0.1) is 0 Å². The maximum atomic E-state index is 13.7. The second-order valence-corrected chi connectivity index (χ2v) is 8.01. The Balaban J connectivity index is 1.76. The summed E-state index contributed by atoms with van der Waals surface area (Å²) in [6, 6.07) is 2.30. The Morgan fingerprint density at radius 3 is 2.57 bits per heavy atom. The van der Waals surface area contributed by atoms with Gasteiger partial charge in [0.2, 0.25) is 10.0 Å². The molecule has 4 atom stereocenters. The van der Waals surface area contributed by atoms with E-state index in [9.17, 15) is 17.2 Å². The molecule has 0 aromatic heterocycles. The van der Waals surface area contributed by atoms with Gasteiger partial charge in [0.15, 0.2) is 0 Å². The number of hydrogen-bond donors (Lipinski definition) is 1. The Hall–Kier alpha value is -1.01. The van der Waals surface area contributed by atoms with Crippen LogP contribution in [0.2, 0.25) is 0 Å². The van der Waals surface area contributed by atoms with Gasteiger partial charge in [-0.1, -0.05) is 6.42 Å². The Kier molecular flexibility index (Phi) is 3.78. The van der Waals surface area contributed by atoms with E-state index in [4.69, 9.17) is 0 Å². The van der Waals surface area contributed by atoms with Crippen molar-refractivity contribution in [1.29, 1.82) is 0 Å². The van der Waals surface area contributed by atoms with Crippen molar-refractivity contribution >= 4 is 10.0 Å². The molecule has 21 heavy (non-hydrogen) atoms. The maximum Gasteiger partial charge on any atom is 0.243 e. The summed E-state index contributed by atoms with van der Waals surface area (Å²) in [5.41, 5.74) is 0. The molecule has 0 amide bonds. The third-order valence-corrected chi connectivity index (χ3v) is 6.55. The van der Waals surface area contributed by atoms with Crippen molar-refractivity contribution in [1.82, 2.24) is 4.72 Å². The molecule has 3 rings (SSSR count). The molecule has 0 heterocycles. The minimum atomic E-state index is -3.95. The Morgan fingerprint density at radius 1 is 1.24 bits per heavy atom. The zero-order valence-electron chi connectivity index (χ0n) is 11.9. The minimum Gasteiger partial charge on any atom is -0.208 e. The molecule has 2 aliphatic carbocycles. The van der Waals surface area contributed by atoms with E-state index in [2.05, 4.69) is 4.72 Å². The first-order valence-electron chi connectivity index (χ1n) is 7.34. The summed E-state index contributed by atoms with van der Waals surface area (Å²) in [7, 11) is -3.95. The van der Waals surface area contributed by atoms with Gasteiger partial charge in [0.25, 0.3) is 0 Å². The normalized spacial score (nSPS) is 29.8. The monoisotopic (exact) mass is 315 g/mol. The summed E-state index contributed by atoms with van der Waals surface area (Å²) in [6.07, 6.45) is 4.63. The van der Waals surface area contributed by atoms with E-state index in [-0.39, 0.29) is 6.04 Å². The summed E-state index contributed by atoms with van der Waals surface area (Å²) in [5.74, 6) is -0.224. The van der Waals surface area contributed by atoms with E-state index in [1.54, 1.807) is 0 Å². The van der Waals surface area contributed by atoms with Crippen LogP contribution < -0.4 is 4.72 Å². The van der Waals surface area contributed by atoms with Crippen LogP contribution in [0.4, 0.5) is 8.78 Å². The lowest BCUT2D eigenvalue weighted by Gasteiger charge is -2.28. The highest BCUT2D eigenvalue weighted by Crippen LogP contribution is 2.49. The summed E-state index contributed by atoms with van der Waals surface area (Å²) in [5, 5.41) is 0. The van der Waals surface area contributed by atoms with E-state index in [0.717, 1.165) is 30.9 Å². The molecule has 1 aromatic carbocycles. The average Bonchev–Trinajstić information content (AvgIpc) is 2.99. The zero-order chi connectivity index (χ0) is 15.2. The minimum absolute atomic E-state index is 0.227. The number of halogens is 2. The number of hydrogen-bond acceptors (Lipinski definition) is 2. The molecule has 1 aromatic rings. The number of fused-ring (bicyclic) bond motifs is 2. The molecule has 0 radical (unpaired) electrons. The standard InChI is InChI=1S/C15H19F2NO2S/c1-9(13-7-10-2-3-11(13)6-10)18-21(19,20)15-5-4-12(16)8-14(15)17/h4-5,8-11,13,18H,2-3,6-7H2,1H3/t9-,10-,11-,13+/m0/s1. The fourth-order valence-electron chi connectivity index (χ4n) is 4.00. The maximum absolute atomic E-state index is 13.7. The lowest BCUT2D eigenvalue weighted by molar-refractivity contribution is 0.280. The van der Waals surface area contributed by atoms with Crippen molar-refractivity contribution in [3.8, 4) is 0 Å². The van der Waals surface area contributed by atoms with Crippen LogP contribution in [0.1, 0.15) is 32.6 Å². The fourth-order valence-corrected chi connectivity index (χ4v) is 5.35. The van der Waals surface area contributed by atoms with Crippen molar-refractivity contribution in [2.45, 2.75) is 43.5 Å². The van der Waals surface area contributed by atoms with E-state index >= 15 is 0 Å². The van der Waals surface area contributed by atoms with Crippen LogP contribution in [-0.2, 0) is 10.0 Å². The van der Waals surface area contributed by atoms with Crippen molar-refractivity contribution < 1.29 is 17.2 Å². The molecule has 0 saturated heterocycles. The molecular formula is C15H19F2NO2S. The van der Waals surface area contributed by atoms with Gasteiger partial charge in [-0.3, -0.25) is 0 Å². The first-order valence-corrected chi connectivity index (χ1v) is 8.82. The van der Waals surface area contributed by atoms with E-state index in [1.165, 1.54) is 12.8 Å². The first kappa shape index (κ1) is 14.9. The molecule has 2 aliphatic rings. The predicted octanol–water partition coefficient (Wildman–Crippen LogP) is 3.07. The van der Waals surface area contributed by atoms with Crippen LogP contribution >= 0.6 is 0 Å². The molecule has 0 aliphatic heterocycles. The molecule has 0 unspecified atom stereocenters. The molecule has 1 N–H and O–H groups in total. The van der Waals surface area contributed by atoms with Gasteiger partial charge in [-0.2, -0.15) is 0 Å². The van der Waals surface area contributed by atoms with Crippen LogP contribution in [-0.4, -0.2) is 14.5 Å². The molecule has 2 bridgehead atoms. The molecular weight excluding hydrogens is 296 g/mol. The average molecular weight is 315 g/mol. The van der Waals surface area contributed by atoms with E-state index in [1.807, 2.05) is 6.92 Å². The first-order chi connectivity index (χ1) is 9.87. The third-order valence-electron chi connectivity index (χ3n) is 4.96. The van der Waals surface area contributed by atoms with Crippen LogP contribution in [0.15, 0.2) is 23.1 Å². The van der Waals surface area contributed by atoms with Crippen LogP contribution in [0.3, 0.4) is 0 Å². The van der Waals surface area contributed by atoms with Crippen LogP contribution in [0.25, 0.3) is 0 Å². The van der Waals surface area contributed by atoms with Gasteiger partial charge in [-0.25, -0.2) is 21.9 Å². The number of rotatable bonds is 4. The Bertz CT molecular complexity index is 647. The Morgan fingerprint density at radius 2 is 2.00 bits per heavy atom. The lowest BCUT2D eigenvalue weighted by atomic mass is 9.84. The number of sulfonamides is 1. The fraction of sp³-hybridized carbons (Fsp3) is 0.600. The third kappa shape index (κ3) is 2.83. The SMILES string of the molecule is C[C@H](NS(=O)(=O)c1ccc(F)cc1F)[C@H]1C[C@H]2CC[C@H]1C2. The summed E-state index contributed by atoms with van der Waals surface area (Å²) in [6.45, 7) is 1.84. The van der Waals surface area contributed by atoms with Crippen molar-refractivity contribution in [2.75, 3.05) is 0 Å². The smallest absolute Gasteiger partial charge is 0.208 e. The predicted molar refractivity (Wildman–Crippen MR) is 75.1 cm³/mol. The van der Waals surface area contributed by atoms with Gasteiger partial charge in [0, 0.05) is 12.1 Å². The van der Waals surface area contributed by atoms with Crippen molar-refractivity contribution in [3.63, 3.8) is 0 Å². The summed E-state index contributed by atoms with van der Waals surface area (Å²) >= 11 is 0. The molecule has 2 saturated carbocycles. The summed E-state index contributed by atoms with van der Waals surface area (Å²) < 4.78 is 53.7. The lowest BCUT2D eigenvalue weighted by Crippen LogP contribution is -2.40. The Labute approximate surface area is 123 Å². The van der Waals surface area contributed by atoms with E-state index in [0.29, 0.717) is 17.9 Å². The summed E-state index contributed by atoms with van der Waals surface area (Å²) in [4.78, 5) is -0.487. The van der Waals surface area contributed by atoms with Crippen molar-refractivity contribution in [2.24, 2.45) is 17.8 Å². The van der Waals surface area contributed by atoms with Gasteiger partial charge < -0.3 is 0 Å². The molecule has 3 nitrogen and oxygen atoms in total. The van der Waals surface area contributed by atoms with Gasteiger partial charge >= 0.3 is 0 Å². The molecule has 6 heteroatoms. The molecule has 2 fully saturated rings. The largest absolute Gasteiger partial charge is 0.243 e.